The Morgan fingerprint density at radius 1 is 1.33 bits per heavy atom. The SMILES string of the molecule is Cc1cnc(N2CCC3(CC2)C[C@](C)(O)[C@@H](O)CO3)nc1N(C)C. The molecule has 2 atom stereocenters. The second-order valence-electron chi connectivity index (χ2n) is 7.60. The fourth-order valence-corrected chi connectivity index (χ4v) is 3.72. The molecule has 3 heterocycles. The molecular formula is C17H28N4O3. The first kappa shape index (κ1) is 17.4. The molecular weight excluding hydrogens is 308 g/mol. The molecule has 2 saturated heterocycles. The highest BCUT2D eigenvalue weighted by atomic mass is 16.5. The number of aliphatic hydroxyl groups is 2. The molecule has 0 unspecified atom stereocenters. The summed E-state index contributed by atoms with van der Waals surface area (Å²) in [6.45, 7) is 5.46. The second-order valence-corrected chi connectivity index (χ2v) is 7.60. The van der Waals surface area contributed by atoms with Gasteiger partial charge in [-0.25, -0.2) is 4.98 Å². The number of nitrogens with zero attached hydrogens (tertiary/aromatic N) is 4. The van der Waals surface area contributed by atoms with Crippen LogP contribution in [0.2, 0.25) is 0 Å². The molecule has 2 fully saturated rings. The van der Waals surface area contributed by atoms with E-state index in [4.69, 9.17) is 4.74 Å². The van der Waals surface area contributed by atoms with E-state index in [1.54, 1.807) is 6.92 Å². The third kappa shape index (κ3) is 3.20. The Morgan fingerprint density at radius 3 is 2.58 bits per heavy atom. The van der Waals surface area contributed by atoms with E-state index in [2.05, 4.69) is 14.9 Å². The topological polar surface area (TPSA) is 82.0 Å². The van der Waals surface area contributed by atoms with E-state index in [1.807, 2.05) is 32.1 Å². The lowest BCUT2D eigenvalue weighted by molar-refractivity contribution is -0.216. The van der Waals surface area contributed by atoms with Crippen molar-refractivity contribution in [3.8, 4) is 0 Å². The Morgan fingerprint density at radius 2 is 2.00 bits per heavy atom. The van der Waals surface area contributed by atoms with Crippen LogP contribution < -0.4 is 9.80 Å². The summed E-state index contributed by atoms with van der Waals surface area (Å²) in [5, 5.41) is 20.3. The number of rotatable bonds is 2. The second kappa shape index (κ2) is 6.13. The normalized spacial score (nSPS) is 29.8. The molecule has 24 heavy (non-hydrogen) atoms. The lowest BCUT2D eigenvalue weighted by atomic mass is 9.77. The van der Waals surface area contributed by atoms with Crippen LogP contribution in [-0.4, -0.2) is 71.3 Å². The van der Waals surface area contributed by atoms with Crippen LogP contribution in [0.1, 0.15) is 31.7 Å². The molecule has 0 amide bonds. The molecule has 1 aromatic rings. The van der Waals surface area contributed by atoms with Gasteiger partial charge in [-0.3, -0.25) is 0 Å². The standard InChI is InChI=1S/C17H28N4O3/c1-12-9-18-15(19-14(12)20(3)4)21-7-5-17(6-8-21)11-16(2,23)13(22)10-24-17/h9,13,22-23H,5-8,10-11H2,1-4H3/t13-,16-/m0/s1. The van der Waals surface area contributed by atoms with Crippen LogP contribution in [0.15, 0.2) is 6.20 Å². The molecule has 2 N–H and O–H groups in total. The van der Waals surface area contributed by atoms with Gasteiger partial charge in [0.15, 0.2) is 0 Å². The Bertz CT molecular complexity index is 597. The minimum Gasteiger partial charge on any atom is -0.388 e. The Labute approximate surface area is 143 Å². The summed E-state index contributed by atoms with van der Waals surface area (Å²) in [4.78, 5) is 13.3. The number of ether oxygens (including phenoxy) is 1. The maximum atomic E-state index is 10.4. The van der Waals surface area contributed by atoms with Gasteiger partial charge in [-0.2, -0.15) is 4.98 Å². The van der Waals surface area contributed by atoms with Crippen molar-refractivity contribution in [1.82, 2.24) is 9.97 Å². The summed E-state index contributed by atoms with van der Waals surface area (Å²) in [5.74, 6) is 1.67. The van der Waals surface area contributed by atoms with Crippen molar-refractivity contribution in [3.63, 3.8) is 0 Å². The predicted molar refractivity (Wildman–Crippen MR) is 92.5 cm³/mol. The third-order valence-corrected chi connectivity index (χ3v) is 5.26. The monoisotopic (exact) mass is 336 g/mol. The van der Waals surface area contributed by atoms with Crippen LogP contribution >= 0.6 is 0 Å². The van der Waals surface area contributed by atoms with Gasteiger partial charge in [0.05, 0.1) is 17.8 Å². The number of aromatic nitrogens is 2. The van der Waals surface area contributed by atoms with Crippen molar-refractivity contribution in [3.05, 3.63) is 11.8 Å². The Hall–Kier alpha value is -1.44. The summed E-state index contributed by atoms with van der Waals surface area (Å²) in [5.41, 5.74) is -0.384. The lowest BCUT2D eigenvalue weighted by Gasteiger charge is -2.49. The Kier molecular flexibility index (Phi) is 4.44. The Balaban J connectivity index is 1.71. The minimum atomic E-state index is -1.08. The fourth-order valence-electron chi connectivity index (χ4n) is 3.72. The number of hydrogen-bond donors (Lipinski definition) is 2. The summed E-state index contributed by atoms with van der Waals surface area (Å²) in [6, 6.07) is 0. The highest BCUT2D eigenvalue weighted by molar-refractivity contribution is 5.48. The smallest absolute Gasteiger partial charge is 0.227 e. The molecule has 2 aliphatic heterocycles. The predicted octanol–water partition coefficient (Wildman–Crippen LogP) is 0.722. The zero-order valence-electron chi connectivity index (χ0n) is 15.0. The molecule has 7 nitrogen and oxygen atoms in total. The van der Waals surface area contributed by atoms with Crippen molar-refractivity contribution in [2.24, 2.45) is 0 Å². The van der Waals surface area contributed by atoms with E-state index in [0.29, 0.717) is 6.42 Å². The fraction of sp³-hybridized carbons (Fsp3) is 0.765. The van der Waals surface area contributed by atoms with E-state index in [1.165, 1.54) is 0 Å². The van der Waals surface area contributed by atoms with E-state index < -0.39 is 11.7 Å². The van der Waals surface area contributed by atoms with Crippen molar-refractivity contribution in [2.45, 2.75) is 50.4 Å². The average Bonchev–Trinajstić information content (AvgIpc) is 2.52. The van der Waals surface area contributed by atoms with E-state index in [9.17, 15) is 10.2 Å². The van der Waals surface area contributed by atoms with Crippen molar-refractivity contribution >= 4 is 11.8 Å². The van der Waals surface area contributed by atoms with Crippen molar-refractivity contribution in [2.75, 3.05) is 43.6 Å². The zero-order valence-corrected chi connectivity index (χ0v) is 15.0. The van der Waals surface area contributed by atoms with Gasteiger partial charge in [0, 0.05) is 45.4 Å². The van der Waals surface area contributed by atoms with E-state index >= 15 is 0 Å². The first-order chi connectivity index (χ1) is 11.2. The first-order valence-electron chi connectivity index (χ1n) is 8.53. The van der Waals surface area contributed by atoms with Crippen LogP contribution in [0.25, 0.3) is 0 Å². The quantitative estimate of drug-likeness (QED) is 0.823. The van der Waals surface area contributed by atoms with Gasteiger partial charge in [0.25, 0.3) is 0 Å². The van der Waals surface area contributed by atoms with Gasteiger partial charge in [0.2, 0.25) is 5.95 Å². The number of aliphatic hydroxyl groups excluding tert-OH is 1. The maximum absolute atomic E-state index is 10.4. The number of aryl methyl sites for hydroxylation is 1. The zero-order chi connectivity index (χ0) is 17.5. The molecule has 1 aromatic heterocycles. The molecule has 3 rings (SSSR count). The number of hydrogen-bond acceptors (Lipinski definition) is 7. The molecule has 7 heteroatoms. The van der Waals surface area contributed by atoms with Gasteiger partial charge >= 0.3 is 0 Å². The summed E-state index contributed by atoms with van der Waals surface area (Å²) >= 11 is 0. The molecule has 2 aliphatic rings. The highest BCUT2D eigenvalue weighted by Gasteiger charge is 2.48. The number of anilines is 2. The molecule has 134 valence electrons. The maximum Gasteiger partial charge on any atom is 0.227 e. The molecule has 0 saturated carbocycles. The van der Waals surface area contributed by atoms with Crippen LogP contribution in [0.5, 0.6) is 0 Å². The van der Waals surface area contributed by atoms with Gasteiger partial charge in [-0.05, 0) is 26.7 Å². The lowest BCUT2D eigenvalue weighted by Crippen LogP contribution is -2.59. The van der Waals surface area contributed by atoms with Gasteiger partial charge in [-0.15, -0.1) is 0 Å². The highest BCUT2D eigenvalue weighted by Crippen LogP contribution is 2.40. The minimum absolute atomic E-state index is 0.193. The van der Waals surface area contributed by atoms with Gasteiger partial charge in [0.1, 0.15) is 11.9 Å². The summed E-state index contributed by atoms with van der Waals surface area (Å²) in [6.07, 6.45) is 3.10. The van der Waals surface area contributed by atoms with Crippen LogP contribution in [0, 0.1) is 6.92 Å². The van der Waals surface area contributed by atoms with Crippen molar-refractivity contribution < 1.29 is 14.9 Å². The molecule has 0 aromatic carbocycles. The van der Waals surface area contributed by atoms with Gasteiger partial charge in [-0.1, -0.05) is 0 Å². The average molecular weight is 336 g/mol. The largest absolute Gasteiger partial charge is 0.388 e. The van der Waals surface area contributed by atoms with E-state index in [0.717, 1.165) is 43.3 Å². The summed E-state index contributed by atoms with van der Waals surface area (Å²) in [7, 11) is 3.96. The van der Waals surface area contributed by atoms with Crippen LogP contribution in [-0.2, 0) is 4.74 Å². The van der Waals surface area contributed by atoms with Crippen molar-refractivity contribution in [1.29, 1.82) is 0 Å². The molecule has 0 radical (unpaired) electrons. The number of piperidine rings is 1. The molecule has 1 spiro atoms. The summed E-state index contributed by atoms with van der Waals surface area (Å²) < 4.78 is 5.93. The van der Waals surface area contributed by atoms with Crippen LogP contribution in [0.4, 0.5) is 11.8 Å². The van der Waals surface area contributed by atoms with E-state index in [-0.39, 0.29) is 12.2 Å². The van der Waals surface area contributed by atoms with Crippen LogP contribution in [0.3, 0.4) is 0 Å². The molecule has 0 aliphatic carbocycles. The van der Waals surface area contributed by atoms with Gasteiger partial charge < -0.3 is 24.7 Å². The first-order valence-corrected chi connectivity index (χ1v) is 8.53. The third-order valence-electron chi connectivity index (χ3n) is 5.26. The molecule has 0 bridgehead atoms.